The number of para-hydroxylation sites is 2. The number of hydrogen-bond donors (Lipinski definition) is 0. The zero-order valence-corrected chi connectivity index (χ0v) is 21.2. The summed E-state index contributed by atoms with van der Waals surface area (Å²) in [4.78, 5) is 42.3. The van der Waals surface area contributed by atoms with Crippen LogP contribution in [0.2, 0.25) is 0 Å². The first-order chi connectivity index (χ1) is 18.9. The van der Waals surface area contributed by atoms with E-state index in [-0.39, 0.29) is 58.2 Å². The number of esters is 2. The van der Waals surface area contributed by atoms with E-state index in [2.05, 4.69) is 19.9 Å². The zero-order valence-electron chi connectivity index (χ0n) is 21.2. The highest BCUT2D eigenvalue weighted by Crippen LogP contribution is 2.29. The largest absolute Gasteiger partial charge is 0.481 e. The lowest BCUT2D eigenvalue weighted by molar-refractivity contribution is 0.0394. The molecule has 0 bridgehead atoms. The van der Waals surface area contributed by atoms with Gasteiger partial charge < -0.3 is 33.2 Å². The highest BCUT2D eigenvalue weighted by atomic mass is 16.6. The number of hydrogen-bond acceptors (Lipinski definition) is 13. The fourth-order valence-corrected chi connectivity index (χ4v) is 3.12. The van der Waals surface area contributed by atoms with Crippen LogP contribution in [-0.2, 0) is 4.74 Å². The van der Waals surface area contributed by atoms with E-state index in [1.54, 1.807) is 24.3 Å². The third-order valence-electron chi connectivity index (χ3n) is 4.96. The molecule has 2 aromatic carbocycles. The first-order valence-corrected chi connectivity index (χ1v) is 11.2. The Hall–Kier alpha value is -5.46. The second-order valence-corrected chi connectivity index (χ2v) is 7.34. The predicted molar refractivity (Wildman–Crippen MR) is 133 cm³/mol. The van der Waals surface area contributed by atoms with E-state index in [1.165, 1.54) is 64.8 Å². The average Bonchev–Trinajstić information content (AvgIpc) is 2.97. The number of benzene rings is 2. The number of aromatic nitrogens is 4. The van der Waals surface area contributed by atoms with Gasteiger partial charge in [-0.3, -0.25) is 0 Å². The van der Waals surface area contributed by atoms with Gasteiger partial charge in [-0.1, -0.05) is 24.3 Å². The van der Waals surface area contributed by atoms with E-state index < -0.39 is 11.9 Å². The molecule has 0 unspecified atom stereocenters. The molecular formula is C26H22N4O9. The van der Waals surface area contributed by atoms with Gasteiger partial charge >= 0.3 is 24.0 Å². The van der Waals surface area contributed by atoms with E-state index in [4.69, 9.17) is 33.2 Å². The number of ether oxygens (including phenoxy) is 7. The molecule has 0 saturated heterocycles. The smallest absolute Gasteiger partial charge is 0.349 e. The van der Waals surface area contributed by atoms with E-state index >= 15 is 0 Å². The van der Waals surface area contributed by atoms with Gasteiger partial charge in [0.05, 0.1) is 40.6 Å². The molecule has 0 atom stereocenters. The Morgan fingerprint density at radius 3 is 1.21 bits per heavy atom. The van der Waals surface area contributed by atoms with Crippen LogP contribution < -0.4 is 28.4 Å². The fraction of sp³-hybridized carbons (Fsp3) is 0.154. The molecule has 13 heteroatoms. The molecule has 2 aromatic heterocycles. The van der Waals surface area contributed by atoms with Crippen LogP contribution in [0.4, 0.5) is 0 Å². The normalized spacial score (nSPS) is 10.3. The summed E-state index contributed by atoms with van der Waals surface area (Å²) in [5.41, 5.74) is -0.119. The SMILES string of the molecule is COc1cc(OC)nc(Oc2ccccc2C(=O)OC(=O)c2ccccc2Oc2nc(OC)cc(OC)n2)n1. The first-order valence-electron chi connectivity index (χ1n) is 11.2. The predicted octanol–water partition coefficient (Wildman–Crippen LogP) is 3.88. The Kier molecular flexibility index (Phi) is 8.31. The second-order valence-electron chi connectivity index (χ2n) is 7.34. The molecule has 4 rings (SSSR count). The summed E-state index contributed by atoms with van der Waals surface area (Å²) >= 11 is 0. The van der Waals surface area contributed by atoms with Crippen molar-refractivity contribution in [3.05, 3.63) is 71.8 Å². The third-order valence-corrected chi connectivity index (χ3v) is 4.96. The molecule has 0 saturated carbocycles. The summed E-state index contributed by atoms with van der Waals surface area (Å²) in [7, 11) is 5.67. The second kappa shape index (κ2) is 12.2. The Morgan fingerprint density at radius 1 is 0.538 bits per heavy atom. The quantitative estimate of drug-likeness (QED) is 0.214. The topological polar surface area (TPSA) is 150 Å². The van der Waals surface area contributed by atoms with Gasteiger partial charge in [-0.05, 0) is 24.3 Å². The minimum Gasteiger partial charge on any atom is -0.481 e. The van der Waals surface area contributed by atoms with Crippen molar-refractivity contribution in [1.29, 1.82) is 0 Å². The summed E-state index contributed by atoms with van der Waals surface area (Å²) in [6.07, 6.45) is 0. The summed E-state index contributed by atoms with van der Waals surface area (Å²) in [6.45, 7) is 0. The van der Waals surface area contributed by atoms with Crippen LogP contribution >= 0.6 is 0 Å². The number of rotatable bonds is 10. The fourth-order valence-electron chi connectivity index (χ4n) is 3.12. The lowest BCUT2D eigenvalue weighted by Gasteiger charge is -2.12. The Balaban J connectivity index is 1.56. The molecule has 0 aliphatic heterocycles. The van der Waals surface area contributed by atoms with Crippen molar-refractivity contribution in [2.24, 2.45) is 0 Å². The van der Waals surface area contributed by atoms with Crippen molar-refractivity contribution in [3.63, 3.8) is 0 Å². The molecule has 200 valence electrons. The van der Waals surface area contributed by atoms with Crippen molar-refractivity contribution in [2.75, 3.05) is 28.4 Å². The van der Waals surface area contributed by atoms with Crippen molar-refractivity contribution < 1.29 is 42.7 Å². The lowest BCUT2D eigenvalue weighted by Crippen LogP contribution is -2.14. The van der Waals surface area contributed by atoms with Crippen LogP contribution in [0.5, 0.6) is 47.0 Å². The Bertz CT molecular complexity index is 1340. The van der Waals surface area contributed by atoms with E-state index in [9.17, 15) is 9.59 Å². The zero-order chi connectivity index (χ0) is 27.8. The number of carbonyl (C=O) groups is 2. The van der Waals surface area contributed by atoms with Crippen LogP contribution in [0.3, 0.4) is 0 Å². The van der Waals surface area contributed by atoms with E-state index in [0.717, 1.165) is 0 Å². The summed E-state index contributed by atoms with van der Waals surface area (Å²) < 4.78 is 37.0. The third kappa shape index (κ3) is 6.46. The van der Waals surface area contributed by atoms with E-state index in [0.29, 0.717) is 0 Å². The molecule has 39 heavy (non-hydrogen) atoms. The standard InChI is InChI=1S/C26H22N4O9/c1-33-19-13-20(34-2)28-25(27-19)37-17-11-7-5-9-15(17)23(31)39-24(32)16-10-6-8-12-18(16)38-26-29-21(35-3)14-22(30-26)36-4/h5-14H,1-4H3. The lowest BCUT2D eigenvalue weighted by atomic mass is 10.2. The van der Waals surface area contributed by atoms with Gasteiger partial charge in [-0.25, -0.2) is 9.59 Å². The summed E-state index contributed by atoms with van der Waals surface area (Å²) in [6, 6.07) is 14.8. The van der Waals surface area contributed by atoms with E-state index in [1.807, 2.05) is 0 Å². The van der Waals surface area contributed by atoms with Crippen molar-refractivity contribution in [2.45, 2.75) is 0 Å². The maximum atomic E-state index is 13.0. The Morgan fingerprint density at radius 2 is 0.872 bits per heavy atom. The van der Waals surface area contributed by atoms with Gasteiger partial charge in [0.1, 0.15) is 22.6 Å². The minimum absolute atomic E-state index is 0.0343. The van der Waals surface area contributed by atoms with Crippen LogP contribution in [0.15, 0.2) is 60.7 Å². The molecule has 0 spiro atoms. The van der Waals surface area contributed by atoms with Gasteiger partial charge in [-0.15, -0.1) is 0 Å². The summed E-state index contributed by atoms with van der Waals surface area (Å²) in [5, 5.41) is 0. The van der Waals surface area contributed by atoms with Gasteiger partial charge in [-0.2, -0.15) is 19.9 Å². The van der Waals surface area contributed by atoms with Crippen molar-refractivity contribution in [1.82, 2.24) is 19.9 Å². The maximum Gasteiger partial charge on any atom is 0.349 e. The first kappa shape index (κ1) is 26.6. The van der Waals surface area contributed by atoms with Gasteiger partial charge in [0, 0.05) is 0 Å². The van der Waals surface area contributed by atoms with Gasteiger partial charge in [0.2, 0.25) is 23.5 Å². The molecular weight excluding hydrogens is 512 g/mol. The Labute approximate surface area is 222 Å². The molecule has 0 fully saturated rings. The highest BCUT2D eigenvalue weighted by Gasteiger charge is 2.23. The molecule has 4 aromatic rings. The van der Waals surface area contributed by atoms with Crippen LogP contribution in [0, 0.1) is 0 Å². The van der Waals surface area contributed by atoms with Crippen LogP contribution in [0.1, 0.15) is 20.7 Å². The molecule has 2 heterocycles. The van der Waals surface area contributed by atoms with Crippen molar-refractivity contribution >= 4 is 11.9 Å². The monoisotopic (exact) mass is 534 g/mol. The highest BCUT2D eigenvalue weighted by molar-refractivity contribution is 6.05. The van der Waals surface area contributed by atoms with Crippen molar-refractivity contribution in [3.8, 4) is 47.0 Å². The maximum absolute atomic E-state index is 13.0. The van der Waals surface area contributed by atoms with Crippen LogP contribution in [-0.4, -0.2) is 60.3 Å². The number of carbonyl (C=O) groups excluding carboxylic acids is 2. The minimum atomic E-state index is -0.987. The molecule has 0 aliphatic carbocycles. The summed E-state index contributed by atoms with van der Waals surface area (Å²) in [5.74, 6) is -1.18. The molecule has 0 aliphatic rings. The molecule has 0 radical (unpaired) electrons. The van der Waals surface area contributed by atoms with Gasteiger partial charge in [0.25, 0.3) is 0 Å². The van der Waals surface area contributed by atoms with Crippen LogP contribution in [0.25, 0.3) is 0 Å². The number of methoxy groups -OCH3 is 4. The molecule has 0 amide bonds. The number of nitrogens with zero attached hydrogens (tertiary/aromatic N) is 4. The average molecular weight is 534 g/mol. The molecule has 0 N–H and O–H groups in total. The molecule has 13 nitrogen and oxygen atoms in total. The van der Waals surface area contributed by atoms with Gasteiger partial charge in [0.15, 0.2) is 0 Å².